The van der Waals surface area contributed by atoms with E-state index in [0.29, 0.717) is 0 Å². The Bertz CT molecular complexity index is 356. The Morgan fingerprint density at radius 3 is 2.88 bits per heavy atom. The van der Waals surface area contributed by atoms with Crippen molar-refractivity contribution < 1.29 is 9.50 Å². The van der Waals surface area contributed by atoms with Gasteiger partial charge in [0.25, 0.3) is 0 Å². The molecule has 0 saturated heterocycles. The first-order valence-electron chi connectivity index (χ1n) is 6.41. The van der Waals surface area contributed by atoms with E-state index in [1.54, 1.807) is 12.1 Å². The summed E-state index contributed by atoms with van der Waals surface area (Å²) in [5.41, 5.74) is 1.00. The lowest BCUT2D eigenvalue weighted by Gasteiger charge is -2.28. The van der Waals surface area contributed by atoms with Gasteiger partial charge in [-0.1, -0.05) is 25.0 Å². The van der Waals surface area contributed by atoms with Crippen LogP contribution in [0, 0.1) is 5.82 Å². The molecule has 94 valence electrons. The van der Waals surface area contributed by atoms with Gasteiger partial charge in [-0.25, -0.2) is 4.39 Å². The minimum atomic E-state index is -0.212. The molecule has 2 rings (SSSR count). The van der Waals surface area contributed by atoms with E-state index in [4.69, 9.17) is 0 Å². The molecule has 0 unspecified atom stereocenters. The van der Waals surface area contributed by atoms with Crippen LogP contribution in [0.25, 0.3) is 0 Å². The van der Waals surface area contributed by atoms with E-state index in [2.05, 4.69) is 5.32 Å². The van der Waals surface area contributed by atoms with Crippen molar-refractivity contribution >= 4 is 0 Å². The highest BCUT2D eigenvalue weighted by Crippen LogP contribution is 2.18. The zero-order valence-corrected chi connectivity index (χ0v) is 10.0. The minimum absolute atomic E-state index is 0.180. The Labute approximate surface area is 102 Å². The second kappa shape index (κ2) is 6.12. The second-order valence-electron chi connectivity index (χ2n) is 4.79. The molecule has 0 spiro atoms. The normalized spacial score (nSPS) is 24.8. The summed E-state index contributed by atoms with van der Waals surface area (Å²) in [5.74, 6) is -0.180. The standard InChI is InChI=1S/C14H20FNO/c15-12-5-3-4-11(10-12)8-9-16-13-6-1-2-7-14(13)17/h3-5,10,13-14,16-17H,1-2,6-9H2/t13-,14-/m1/s1. The zero-order valence-electron chi connectivity index (χ0n) is 10.0. The average Bonchev–Trinajstić information content (AvgIpc) is 2.32. The lowest BCUT2D eigenvalue weighted by Crippen LogP contribution is -2.42. The highest BCUT2D eigenvalue weighted by molar-refractivity contribution is 5.16. The molecule has 3 heteroatoms. The number of aliphatic hydroxyl groups excluding tert-OH is 1. The third-order valence-corrected chi connectivity index (χ3v) is 3.44. The number of rotatable bonds is 4. The predicted molar refractivity (Wildman–Crippen MR) is 66.4 cm³/mol. The van der Waals surface area contributed by atoms with Crippen LogP contribution in [0.5, 0.6) is 0 Å². The van der Waals surface area contributed by atoms with Crippen molar-refractivity contribution in [1.29, 1.82) is 0 Å². The van der Waals surface area contributed by atoms with Crippen molar-refractivity contribution in [3.05, 3.63) is 35.6 Å². The molecule has 0 bridgehead atoms. The number of halogens is 1. The lowest BCUT2D eigenvalue weighted by molar-refractivity contribution is 0.0914. The molecule has 0 aliphatic heterocycles. The smallest absolute Gasteiger partial charge is 0.123 e. The van der Waals surface area contributed by atoms with Crippen LogP contribution in [0.1, 0.15) is 31.2 Å². The fourth-order valence-corrected chi connectivity index (χ4v) is 2.44. The lowest BCUT2D eigenvalue weighted by atomic mass is 9.92. The van der Waals surface area contributed by atoms with Crippen molar-refractivity contribution in [2.75, 3.05) is 6.54 Å². The molecule has 2 atom stereocenters. The molecule has 17 heavy (non-hydrogen) atoms. The van der Waals surface area contributed by atoms with Gasteiger partial charge in [-0.2, -0.15) is 0 Å². The van der Waals surface area contributed by atoms with Gasteiger partial charge in [0.05, 0.1) is 6.10 Å². The maximum Gasteiger partial charge on any atom is 0.123 e. The summed E-state index contributed by atoms with van der Waals surface area (Å²) in [6, 6.07) is 6.92. The molecule has 2 N–H and O–H groups in total. The Morgan fingerprint density at radius 2 is 2.12 bits per heavy atom. The maximum absolute atomic E-state index is 13.0. The van der Waals surface area contributed by atoms with Gasteiger partial charge < -0.3 is 10.4 Å². The molecular weight excluding hydrogens is 217 g/mol. The summed E-state index contributed by atoms with van der Waals surface area (Å²) in [6.45, 7) is 0.797. The third-order valence-electron chi connectivity index (χ3n) is 3.44. The predicted octanol–water partition coefficient (Wildman–Crippen LogP) is 2.26. The molecule has 0 aromatic heterocycles. The van der Waals surface area contributed by atoms with Crippen LogP contribution < -0.4 is 5.32 Å². The summed E-state index contributed by atoms with van der Waals surface area (Å²) in [7, 11) is 0. The van der Waals surface area contributed by atoms with Crippen molar-refractivity contribution in [1.82, 2.24) is 5.32 Å². The van der Waals surface area contributed by atoms with Gasteiger partial charge >= 0.3 is 0 Å². The van der Waals surface area contributed by atoms with Gasteiger partial charge in [0.2, 0.25) is 0 Å². The molecule has 1 saturated carbocycles. The Hall–Kier alpha value is -0.930. The van der Waals surface area contributed by atoms with Crippen molar-refractivity contribution in [3.63, 3.8) is 0 Å². The highest BCUT2D eigenvalue weighted by atomic mass is 19.1. The van der Waals surface area contributed by atoms with Crippen LogP contribution in [0.2, 0.25) is 0 Å². The van der Waals surface area contributed by atoms with E-state index >= 15 is 0 Å². The quantitative estimate of drug-likeness (QED) is 0.842. The Morgan fingerprint density at radius 1 is 1.29 bits per heavy atom. The summed E-state index contributed by atoms with van der Waals surface area (Å²) >= 11 is 0. The largest absolute Gasteiger partial charge is 0.392 e. The summed E-state index contributed by atoms with van der Waals surface area (Å²) in [6.07, 6.45) is 4.86. The summed E-state index contributed by atoms with van der Waals surface area (Å²) in [4.78, 5) is 0. The van der Waals surface area contributed by atoms with Gasteiger partial charge in [0.1, 0.15) is 5.82 Å². The fraction of sp³-hybridized carbons (Fsp3) is 0.571. The van der Waals surface area contributed by atoms with Crippen LogP contribution in [0.4, 0.5) is 4.39 Å². The topological polar surface area (TPSA) is 32.3 Å². The monoisotopic (exact) mass is 237 g/mol. The first kappa shape index (κ1) is 12.5. The fourth-order valence-electron chi connectivity index (χ4n) is 2.44. The first-order valence-corrected chi connectivity index (χ1v) is 6.41. The van der Waals surface area contributed by atoms with E-state index in [1.807, 2.05) is 6.07 Å². The van der Waals surface area contributed by atoms with E-state index in [0.717, 1.165) is 37.8 Å². The minimum Gasteiger partial charge on any atom is -0.392 e. The molecule has 0 radical (unpaired) electrons. The number of hydrogen-bond acceptors (Lipinski definition) is 2. The number of hydrogen-bond donors (Lipinski definition) is 2. The molecular formula is C14H20FNO. The zero-order chi connectivity index (χ0) is 12.1. The van der Waals surface area contributed by atoms with E-state index in [1.165, 1.54) is 12.5 Å². The third kappa shape index (κ3) is 3.79. The second-order valence-corrected chi connectivity index (χ2v) is 4.79. The molecule has 1 aromatic rings. The Kier molecular flexibility index (Phi) is 4.51. The van der Waals surface area contributed by atoms with Gasteiger partial charge in [-0.05, 0) is 43.5 Å². The highest BCUT2D eigenvalue weighted by Gasteiger charge is 2.21. The maximum atomic E-state index is 13.0. The summed E-state index contributed by atoms with van der Waals surface area (Å²) in [5, 5.41) is 13.2. The van der Waals surface area contributed by atoms with Gasteiger partial charge in [0.15, 0.2) is 0 Å². The van der Waals surface area contributed by atoms with Crippen LogP contribution in [0.15, 0.2) is 24.3 Å². The van der Waals surface area contributed by atoms with Gasteiger partial charge in [-0.3, -0.25) is 0 Å². The first-order chi connectivity index (χ1) is 8.25. The van der Waals surface area contributed by atoms with Crippen molar-refractivity contribution in [2.45, 2.75) is 44.2 Å². The van der Waals surface area contributed by atoms with E-state index in [-0.39, 0.29) is 18.0 Å². The SMILES string of the molecule is O[C@@H]1CCCC[C@H]1NCCc1cccc(F)c1. The Balaban J connectivity index is 1.75. The van der Waals surface area contributed by atoms with Gasteiger partial charge in [0, 0.05) is 6.04 Å². The molecule has 1 aliphatic carbocycles. The van der Waals surface area contributed by atoms with E-state index < -0.39 is 0 Å². The summed E-state index contributed by atoms with van der Waals surface area (Å²) < 4.78 is 13.0. The molecule has 2 nitrogen and oxygen atoms in total. The molecule has 0 heterocycles. The molecule has 1 aliphatic rings. The van der Waals surface area contributed by atoms with Crippen LogP contribution in [0.3, 0.4) is 0 Å². The van der Waals surface area contributed by atoms with Crippen molar-refractivity contribution in [3.8, 4) is 0 Å². The van der Waals surface area contributed by atoms with Gasteiger partial charge in [-0.15, -0.1) is 0 Å². The molecule has 1 fully saturated rings. The van der Waals surface area contributed by atoms with Crippen LogP contribution in [-0.2, 0) is 6.42 Å². The van der Waals surface area contributed by atoms with Crippen LogP contribution in [-0.4, -0.2) is 23.8 Å². The number of aliphatic hydroxyl groups is 1. The molecule has 1 aromatic carbocycles. The number of nitrogens with one attached hydrogen (secondary N) is 1. The van der Waals surface area contributed by atoms with E-state index in [9.17, 15) is 9.50 Å². The number of benzene rings is 1. The molecule has 0 amide bonds. The van der Waals surface area contributed by atoms with Crippen molar-refractivity contribution in [2.24, 2.45) is 0 Å². The average molecular weight is 237 g/mol. The van der Waals surface area contributed by atoms with Crippen LogP contribution >= 0.6 is 0 Å².